The average molecular weight is 263 g/mol. The molecule has 4 heteroatoms. The number of ether oxygens (including phenoxy) is 1. The maximum Gasteiger partial charge on any atom is 0.310 e. The van der Waals surface area contributed by atoms with Gasteiger partial charge in [0.15, 0.2) is 0 Å². The van der Waals surface area contributed by atoms with Gasteiger partial charge in [-0.15, -0.1) is 0 Å². The normalized spacial score (nSPS) is 28.2. The van der Waals surface area contributed by atoms with Crippen LogP contribution in [0.4, 0.5) is 0 Å². The van der Waals surface area contributed by atoms with E-state index in [1.54, 1.807) is 0 Å². The minimum atomic E-state index is -1.56. The molecule has 0 heterocycles. The molecule has 17 heavy (non-hydrogen) atoms. The van der Waals surface area contributed by atoms with Gasteiger partial charge in [0.25, 0.3) is 0 Å². The van der Waals surface area contributed by atoms with Gasteiger partial charge in [-0.2, -0.15) is 0 Å². The summed E-state index contributed by atoms with van der Waals surface area (Å²) in [5, 5.41) is 0. The lowest BCUT2D eigenvalue weighted by atomic mass is 9.85. The number of hydrogen-bond donors (Lipinski definition) is 2. The van der Waals surface area contributed by atoms with E-state index in [0.29, 0.717) is 6.61 Å². The molecule has 1 saturated carbocycles. The van der Waals surface area contributed by atoms with E-state index in [-0.39, 0.29) is 17.9 Å². The highest BCUT2D eigenvalue weighted by Gasteiger charge is 2.30. The van der Waals surface area contributed by atoms with E-state index in [1.165, 1.54) is 0 Å². The molecule has 0 aromatic heterocycles. The molecule has 0 unspecified atom stereocenters. The fourth-order valence-electron chi connectivity index (χ4n) is 2.07. The highest BCUT2D eigenvalue weighted by atomic mass is 32.3. The first-order valence-electron chi connectivity index (χ1n) is 6.57. The zero-order chi connectivity index (χ0) is 13.1. The Labute approximate surface area is 106 Å². The maximum atomic E-state index is 11.9. The van der Waals surface area contributed by atoms with E-state index in [2.05, 4.69) is 25.0 Å². The van der Waals surface area contributed by atoms with Crippen LogP contribution in [0, 0.1) is 5.92 Å². The molecular formula is C13H29NO2S. The lowest BCUT2D eigenvalue weighted by molar-refractivity contribution is -0.149. The highest BCUT2D eigenvalue weighted by molar-refractivity contribution is 8.47. The van der Waals surface area contributed by atoms with Crippen LogP contribution in [0.25, 0.3) is 0 Å². The van der Waals surface area contributed by atoms with Crippen molar-refractivity contribution in [3.8, 4) is 0 Å². The molecule has 0 radical (unpaired) electrons. The van der Waals surface area contributed by atoms with Crippen molar-refractivity contribution in [2.75, 3.05) is 37.4 Å². The Bertz CT molecular complexity index is 274. The van der Waals surface area contributed by atoms with E-state index < -0.39 is 9.16 Å². The van der Waals surface area contributed by atoms with Gasteiger partial charge >= 0.3 is 5.97 Å². The van der Waals surface area contributed by atoms with Crippen molar-refractivity contribution in [3.63, 3.8) is 0 Å². The average Bonchev–Trinajstić information content (AvgIpc) is 2.15. The summed E-state index contributed by atoms with van der Waals surface area (Å²) in [4.78, 5) is 11.9. The van der Waals surface area contributed by atoms with E-state index in [1.807, 2.05) is 0 Å². The van der Waals surface area contributed by atoms with E-state index in [9.17, 15) is 4.79 Å². The van der Waals surface area contributed by atoms with Crippen LogP contribution in [0.5, 0.6) is 0 Å². The summed E-state index contributed by atoms with van der Waals surface area (Å²) in [6.07, 6.45) is 13.3. The summed E-state index contributed by atoms with van der Waals surface area (Å²) < 4.78 is 5.41. The van der Waals surface area contributed by atoms with Crippen LogP contribution in [-0.4, -0.2) is 49.4 Å². The van der Waals surface area contributed by atoms with Crippen molar-refractivity contribution < 1.29 is 9.53 Å². The number of esters is 1. The van der Waals surface area contributed by atoms with E-state index in [4.69, 9.17) is 10.5 Å². The first kappa shape index (κ1) is 14.8. The van der Waals surface area contributed by atoms with Gasteiger partial charge in [-0.1, -0.05) is 12.8 Å². The molecule has 1 rings (SSSR count). The predicted molar refractivity (Wildman–Crippen MR) is 78.4 cm³/mol. The van der Waals surface area contributed by atoms with Crippen molar-refractivity contribution in [1.82, 2.24) is 0 Å². The third-order valence-electron chi connectivity index (χ3n) is 3.35. The number of carbonyl (C=O) groups is 1. The molecule has 0 aromatic rings. The quantitative estimate of drug-likeness (QED) is 0.599. The third kappa shape index (κ3) is 5.77. The van der Waals surface area contributed by atoms with Gasteiger partial charge in [0, 0.05) is 6.04 Å². The monoisotopic (exact) mass is 263 g/mol. The van der Waals surface area contributed by atoms with Gasteiger partial charge in [0.05, 0.1) is 12.5 Å². The van der Waals surface area contributed by atoms with Crippen molar-refractivity contribution in [3.05, 3.63) is 0 Å². The first-order valence-corrected chi connectivity index (χ1v) is 10.8. The SMILES string of the molecule is C[SH](C)(C)(C)CCOC(=O)[C@H]1CCCC[C@@H]1N. The van der Waals surface area contributed by atoms with Gasteiger partial charge in [-0.25, -0.2) is 0 Å². The fourth-order valence-corrected chi connectivity index (χ4v) is 2.89. The smallest absolute Gasteiger partial charge is 0.310 e. The molecule has 0 spiro atoms. The second kappa shape index (κ2) is 5.19. The van der Waals surface area contributed by atoms with Crippen LogP contribution < -0.4 is 5.73 Å². The molecule has 0 aliphatic heterocycles. The van der Waals surface area contributed by atoms with Gasteiger partial charge in [0.1, 0.15) is 0 Å². The summed E-state index contributed by atoms with van der Waals surface area (Å²) in [7, 11) is -1.56. The lowest BCUT2D eigenvalue weighted by Crippen LogP contribution is -2.39. The van der Waals surface area contributed by atoms with Gasteiger partial charge in [0.2, 0.25) is 0 Å². The van der Waals surface area contributed by atoms with Crippen molar-refractivity contribution in [1.29, 1.82) is 0 Å². The molecule has 3 nitrogen and oxygen atoms in total. The van der Waals surface area contributed by atoms with E-state index in [0.717, 1.165) is 31.4 Å². The zero-order valence-electron chi connectivity index (χ0n) is 11.7. The minimum Gasteiger partial charge on any atom is -0.465 e. The Kier molecular flexibility index (Phi) is 4.53. The molecular weight excluding hydrogens is 234 g/mol. The Balaban J connectivity index is 2.34. The summed E-state index contributed by atoms with van der Waals surface area (Å²) in [6.45, 7) is 0.555. The molecule has 1 aliphatic rings. The number of hydrogen-bond acceptors (Lipinski definition) is 3. The van der Waals surface area contributed by atoms with Crippen LogP contribution in [0.1, 0.15) is 25.7 Å². The maximum absolute atomic E-state index is 11.9. The summed E-state index contributed by atoms with van der Waals surface area (Å²) >= 11 is 0. The summed E-state index contributed by atoms with van der Waals surface area (Å²) in [5.74, 6) is 0.869. The Morgan fingerprint density at radius 3 is 2.35 bits per heavy atom. The Morgan fingerprint density at radius 1 is 1.24 bits per heavy atom. The summed E-state index contributed by atoms with van der Waals surface area (Å²) in [5.41, 5.74) is 5.97. The molecule has 0 amide bonds. The Hall–Kier alpha value is -0.220. The third-order valence-corrected chi connectivity index (χ3v) is 5.32. The molecule has 2 N–H and O–H groups in total. The van der Waals surface area contributed by atoms with Crippen LogP contribution in [0.2, 0.25) is 0 Å². The topological polar surface area (TPSA) is 52.3 Å². The van der Waals surface area contributed by atoms with Crippen LogP contribution in [0.15, 0.2) is 0 Å². The van der Waals surface area contributed by atoms with Crippen LogP contribution >= 0.6 is 9.16 Å². The second-order valence-electron chi connectivity index (χ2n) is 7.39. The van der Waals surface area contributed by atoms with Crippen LogP contribution in [-0.2, 0) is 9.53 Å². The Morgan fingerprint density at radius 2 is 1.82 bits per heavy atom. The molecule has 2 atom stereocenters. The van der Waals surface area contributed by atoms with Gasteiger partial charge < -0.3 is 10.5 Å². The number of carbonyl (C=O) groups excluding carboxylic acids is 1. The van der Waals surface area contributed by atoms with Crippen molar-refractivity contribution >= 4 is 15.1 Å². The van der Waals surface area contributed by atoms with Gasteiger partial charge in [-0.3, -0.25) is 14.0 Å². The fraction of sp³-hybridized carbons (Fsp3) is 0.923. The van der Waals surface area contributed by atoms with Crippen molar-refractivity contribution in [2.24, 2.45) is 11.7 Å². The number of thiol groups is 1. The molecule has 1 aliphatic carbocycles. The molecule has 0 saturated heterocycles. The molecule has 0 aromatic carbocycles. The molecule has 1 fully saturated rings. The minimum absolute atomic E-state index is 0.0120. The van der Waals surface area contributed by atoms with Crippen molar-refractivity contribution in [2.45, 2.75) is 31.7 Å². The predicted octanol–water partition coefficient (Wildman–Crippen LogP) is 1.64. The molecule has 104 valence electrons. The number of nitrogens with two attached hydrogens (primary N) is 1. The summed E-state index contributed by atoms with van der Waals surface area (Å²) in [6, 6.07) is 0.0120. The first-order chi connectivity index (χ1) is 7.65. The lowest BCUT2D eigenvalue weighted by Gasteiger charge is -2.46. The largest absolute Gasteiger partial charge is 0.465 e. The van der Waals surface area contributed by atoms with Gasteiger partial charge in [-0.05, 0) is 43.6 Å². The van der Waals surface area contributed by atoms with E-state index >= 15 is 0 Å². The molecule has 0 bridgehead atoms. The standard InChI is InChI=1S/C13H29NO2S/c1-17(2,3,4)10-9-16-13(15)11-7-5-6-8-12(11)14/h11-12,17H,5-10,14H2,1-4H3/t11-,12-/m0/s1. The zero-order valence-corrected chi connectivity index (χ0v) is 12.6. The highest BCUT2D eigenvalue weighted by Crippen LogP contribution is 2.54. The van der Waals surface area contributed by atoms with Crippen LogP contribution in [0.3, 0.4) is 0 Å². The number of rotatable bonds is 4. The second-order valence-corrected chi connectivity index (χ2v) is 15.7.